The molecule has 22 heavy (non-hydrogen) atoms. The van der Waals surface area contributed by atoms with Crippen molar-refractivity contribution < 1.29 is 9.21 Å². The van der Waals surface area contributed by atoms with Gasteiger partial charge in [0.15, 0.2) is 11.0 Å². The largest absolute Gasteiger partial charge is 0.463 e. The maximum atomic E-state index is 12.4. The molecule has 1 saturated heterocycles. The van der Waals surface area contributed by atoms with E-state index in [-0.39, 0.29) is 21.6 Å². The van der Waals surface area contributed by atoms with E-state index in [0.717, 1.165) is 0 Å². The average Bonchev–Trinajstić information content (AvgIpc) is 2.44. The third kappa shape index (κ3) is 2.87. The molecule has 0 saturated carbocycles. The lowest BCUT2D eigenvalue weighted by molar-refractivity contribution is -0.115. The summed E-state index contributed by atoms with van der Waals surface area (Å²) in [5.74, 6) is -0.449. The van der Waals surface area contributed by atoms with E-state index in [0.29, 0.717) is 11.0 Å². The third-order valence-corrected chi connectivity index (χ3v) is 5.66. The first kappa shape index (κ1) is 15.4. The number of hydrogen-bond acceptors (Lipinski definition) is 5. The van der Waals surface area contributed by atoms with Crippen molar-refractivity contribution in [2.45, 2.75) is 0 Å². The Morgan fingerprint density at radius 2 is 1.95 bits per heavy atom. The zero-order chi connectivity index (χ0) is 15.9. The molecule has 5 nitrogen and oxygen atoms in total. The van der Waals surface area contributed by atoms with E-state index in [4.69, 9.17) is 28.4 Å². The van der Waals surface area contributed by atoms with Crippen LogP contribution in [0.25, 0.3) is 17.0 Å². The van der Waals surface area contributed by atoms with Crippen molar-refractivity contribution in [1.29, 1.82) is 0 Å². The molecule has 1 aliphatic rings. The van der Waals surface area contributed by atoms with Crippen LogP contribution >= 0.6 is 30.0 Å². The number of nitrogens with one attached hydrogen (secondary N) is 2. The van der Waals surface area contributed by atoms with Crippen LogP contribution in [0.2, 0.25) is 0 Å². The Bertz CT molecular complexity index is 927. The lowest BCUT2D eigenvalue weighted by Gasteiger charge is -2.27. The molecule has 0 bridgehead atoms. The normalized spacial score (nSPS) is 23.4. The Balaban J connectivity index is 2.11. The zero-order valence-electron chi connectivity index (χ0n) is 10.9. The van der Waals surface area contributed by atoms with Gasteiger partial charge in [-0.25, -0.2) is 0 Å². The maximum absolute atomic E-state index is 12.4. The van der Waals surface area contributed by atoms with E-state index < -0.39 is 11.4 Å². The van der Waals surface area contributed by atoms with Gasteiger partial charge in [-0.2, -0.15) is 0 Å². The van der Waals surface area contributed by atoms with Gasteiger partial charge in [-0.3, -0.25) is 9.59 Å². The summed E-state index contributed by atoms with van der Waals surface area (Å²) in [5.41, 5.74) is -1.85. The van der Waals surface area contributed by atoms with Crippen molar-refractivity contribution in [3.63, 3.8) is 0 Å². The minimum Gasteiger partial charge on any atom is -0.463 e. The molecule has 2 heterocycles. The first-order valence-corrected chi connectivity index (χ1v) is 10.4. The lowest BCUT2D eigenvalue weighted by atomic mass is 10.1. The van der Waals surface area contributed by atoms with Crippen molar-refractivity contribution in [1.82, 2.24) is 10.2 Å². The molecule has 1 atom stereocenters. The van der Waals surface area contributed by atoms with Crippen LogP contribution in [-0.4, -0.2) is 10.9 Å². The summed E-state index contributed by atoms with van der Waals surface area (Å²) in [6.07, 6.45) is 2.70. The van der Waals surface area contributed by atoms with E-state index >= 15 is 0 Å². The molecule has 3 rings (SSSR count). The molecule has 0 spiro atoms. The summed E-state index contributed by atoms with van der Waals surface area (Å²) >= 11 is 14.4. The summed E-state index contributed by atoms with van der Waals surface area (Å²) in [5, 5.41) is 5.80. The second-order valence-corrected chi connectivity index (χ2v) is 10.8. The number of benzene rings is 1. The van der Waals surface area contributed by atoms with Crippen LogP contribution in [0, 0.1) is 0 Å². The second-order valence-electron chi connectivity index (χ2n) is 4.53. The van der Waals surface area contributed by atoms with E-state index in [1.165, 1.54) is 12.3 Å². The average molecular weight is 368 g/mol. The van der Waals surface area contributed by atoms with E-state index in [9.17, 15) is 9.59 Å². The first-order chi connectivity index (χ1) is 10.4. The Morgan fingerprint density at radius 3 is 2.68 bits per heavy atom. The van der Waals surface area contributed by atoms with Gasteiger partial charge in [0.2, 0.25) is 0 Å². The van der Waals surface area contributed by atoms with Crippen LogP contribution in [0.5, 0.6) is 0 Å². The molecule has 0 radical (unpaired) electrons. The Labute approximate surface area is 141 Å². The van der Waals surface area contributed by atoms with Crippen LogP contribution in [-0.2, 0) is 16.6 Å². The molecule has 1 aromatic heterocycles. The molecule has 1 aliphatic heterocycles. The number of fused-ring (bicyclic) bond motifs is 1. The predicted octanol–water partition coefficient (Wildman–Crippen LogP) is 2.38. The van der Waals surface area contributed by atoms with Gasteiger partial charge in [-0.1, -0.05) is 24.4 Å². The lowest BCUT2D eigenvalue weighted by Crippen LogP contribution is -2.39. The fraction of sp³-hybridized carbons (Fsp3) is 0. The van der Waals surface area contributed by atoms with Crippen LogP contribution in [0.3, 0.4) is 0 Å². The third-order valence-electron chi connectivity index (χ3n) is 3.00. The highest BCUT2D eigenvalue weighted by atomic mass is 32.9. The number of hydrogen-bond donors (Lipinski definition) is 3. The maximum Gasteiger partial charge on any atom is 0.259 e. The van der Waals surface area contributed by atoms with Crippen LogP contribution in [0.4, 0.5) is 0 Å². The van der Waals surface area contributed by atoms with Crippen molar-refractivity contribution in [3.8, 4) is 0 Å². The Morgan fingerprint density at radius 1 is 1.23 bits per heavy atom. The van der Waals surface area contributed by atoms with Gasteiger partial charge in [-0.15, -0.1) is 12.2 Å². The molecule has 1 unspecified atom stereocenters. The smallest absolute Gasteiger partial charge is 0.259 e. The zero-order valence-corrected chi connectivity index (χ0v) is 14.3. The summed E-state index contributed by atoms with van der Waals surface area (Å²) < 4.78 is 5.41. The van der Waals surface area contributed by atoms with Crippen LogP contribution in [0.1, 0.15) is 5.56 Å². The fourth-order valence-electron chi connectivity index (χ4n) is 2.01. The fourth-order valence-corrected chi connectivity index (χ4v) is 4.89. The molecule has 1 amide bonds. The molecule has 2 aromatic rings. The number of thiocarbonyl (C=S) groups is 1. The number of amides is 1. The van der Waals surface area contributed by atoms with Gasteiger partial charge < -0.3 is 14.6 Å². The van der Waals surface area contributed by atoms with Gasteiger partial charge in [0, 0.05) is 0 Å². The quantitative estimate of drug-likeness (QED) is 0.311. The standard InChI is InChI=1S/C13H9N2O3PS3/c16-11-7(6-18-10-4-2-1-3-8(10)11)5-9-12(17)14-19(21,22)15-13(9)20/h1-6H,(H3,14,15,17,20,21,22). The topological polar surface area (TPSA) is 71.3 Å². The number of thiol groups is 1. The molecular weight excluding hydrogens is 359 g/mol. The monoisotopic (exact) mass is 368 g/mol. The first-order valence-electron chi connectivity index (χ1n) is 6.08. The van der Waals surface area contributed by atoms with Gasteiger partial charge >= 0.3 is 0 Å². The van der Waals surface area contributed by atoms with E-state index in [2.05, 4.69) is 22.4 Å². The molecular formula is C13H9N2O3PS3. The summed E-state index contributed by atoms with van der Waals surface area (Å²) in [6, 6.07) is 6.88. The highest BCUT2D eigenvalue weighted by molar-refractivity contribution is 8.62. The molecule has 2 N–H and O–H groups in total. The number of para-hydroxylation sites is 1. The van der Waals surface area contributed by atoms with Crippen LogP contribution in [0.15, 0.2) is 45.3 Å². The van der Waals surface area contributed by atoms with Gasteiger partial charge in [0.05, 0.1) is 16.5 Å². The predicted molar refractivity (Wildman–Crippen MR) is 97.6 cm³/mol. The number of rotatable bonds is 1. The summed E-state index contributed by atoms with van der Waals surface area (Å²) in [7, 11) is 0. The Hall–Kier alpha value is -1.47. The van der Waals surface area contributed by atoms with Crippen molar-refractivity contribution in [2.75, 3.05) is 0 Å². The van der Waals surface area contributed by atoms with Gasteiger partial charge in [0.1, 0.15) is 16.8 Å². The molecule has 9 heteroatoms. The van der Waals surface area contributed by atoms with Crippen molar-refractivity contribution in [2.24, 2.45) is 0 Å². The van der Waals surface area contributed by atoms with E-state index in [1.807, 2.05) is 0 Å². The minimum absolute atomic E-state index is 0.159. The van der Waals surface area contributed by atoms with Gasteiger partial charge in [-0.05, 0) is 30.0 Å². The summed E-state index contributed by atoms with van der Waals surface area (Å²) in [6.45, 7) is 0. The molecule has 1 aromatic carbocycles. The summed E-state index contributed by atoms with van der Waals surface area (Å²) in [4.78, 5) is 24.7. The van der Waals surface area contributed by atoms with E-state index in [1.54, 1.807) is 24.3 Å². The molecule has 112 valence electrons. The van der Waals surface area contributed by atoms with Crippen molar-refractivity contribution in [3.05, 3.63) is 51.9 Å². The SMILES string of the molecule is O=C1NP(=S)(S)NC(=S)C1=Cc1coc2ccccc2c1=O. The van der Waals surface area contributed by atoms with Gasteiger partial charge in [0.25, 0.3) is 5.91 Å². The van der Waals surface area contributed by atoms with Crippen LogP contribution < -0.4 is 15.6 Å². The number of carbonyl (C=O) groups is 1. The number of carbonyl (C=O) groups excluding carboxylic acids is 1. The second kappa shape index (κ2) is 5.62. The molecule has 1 fully saturated rings. The van der Waals surface area contributed by atoms with Crippen molar-refractivity contribution >= 4 is 69.8 Å². The highest BCUT2D eigenvalue weighted by Crippen LogP contribution is 2.44. The highest BCUT2D eigenvalue weighted by Gasteiger charge is 2.29. The minimum atomic E-state index is -2.50. The Kier molecular flexibility index (Phi) is 3.94. The molecule has 0 aliphatic carbocycles.